The summed E-state index contributed by atoms with van der Waals surface area (Å²) in [5, 5.41) is 30.7. The van der Waals surface area contributed by atoms with Crippen LogP contribution in [0.1, 0.15) is 44.6 Å². The van der Waals surface area contributed by atoms with E-state index in [-0.39, 0.29) is 18.8 Å². The van der Waals surface area contributed by atoms with Crippen LogP contribution in [0, 0.1) is 17.8 Å². The molecule has 0 heterocycles. The van der Waals surface area contributed by atoms with Gasteiger partial charge in [0.1, 0.15) is 0 Å². The highest BCUT2D eigenvalue weighted by Gasteiger charge is 2.48. The third kappa shape index (κ3) is 5.76. The van der Waals surface area contributed by atoms with Gasteiger partial charge in [0.25, 0.3) is 0 Å². The van der Waals surface area contributed by atoms with Crippen molar-refractivity contribution in [2.24, 2.45) is 23.5 Å². The summed E-state index contributed by atoms with van der Waals surface area (Å²) in [6.45, 7) is 1.89. The van der Waals surface area contributed by atoms with Crippen LogP contribution in [0.5, 0.6) is 0 Å². The van der Waals surface area contributed by atoms with Crippen LogP contribution in [0.25, 0.3) is 0 Å². The molecule has 0 radical (unpaired) electrons. The molecule has 6 N–H and O–H groups in total. The first-order chi connectivity index (χ1) is 12.7. The second-order valence-electron chi connectivity index (χ2n) is 7.89. The van der Waals surface area contributed by atoms with Crippen LogP contribution in [0.3, 0.4) is 0 Å². The van der Waals surface area contributed by atoms with Gasteiger partial charge in [-0.15, -0.1) is 0 Å². The van der Waals surface area contributed by atoms with E-state index >= 15 is 0 Å². The molecule has 27 heavy (non-hydrogen) atoms. The molecule has 2 unspecified atom stereocenters. The number of aliphatic hydroxyl groups is 2. The van der Waals surface area contributed by atoms with Crippen LogP contribution in [-0.4, -0.2) is 38.9 Å². The number of hydrogen-bond donors (Lipinski definition) is 5. The lowest BCUT2D eigenvalue weighted by atomic mass is 9.66. The van der Waals surface area contributed by atoms with Crippen molar-refractivity contribution in [3.05, 3.63) is 35.9 Å². The first kappa shape index (κ1) is 21.3. The van der Waals surface area contributed by atoms with Crippen LogP contribution in [0.4, 0.5) is 0 Å². The minimum Gasteiger partial charge on any atom is -0.393 e. The van der Waals surface area contributed by atoms with Crippen LogP contribution in [0.15, 0.2) is 30.3 Å². The predicted octanol–water partition coefficient (Wildman–Crippen LogP) is 1.14. The summed E-state index contributed by atoms with van der Waals surface area (Å²) in [7, 11) is 0. The highest BCUT2D eigenvalue weighted by molar-refractivity contribution is 5.80. The molecule has 2 rings (SSSR count). The van der Waals surface area contributed by atoms with E-state index in [2.05, 4.69) is 0 Å². The third-order valence-corrected chi connectivity index (χ3v) is 5.58. The van der Waals surface area contributed by atoms with E-state index in [1.54, 1.807) is 5.48 Å². The number of hydrogen-bond acceptors (Lipinski definition) is 5. The number of benzene rings is 1. The van der Waals surface area contributed by atoms with E-state index in [1.807, 2.05) is 37.3 Å². The summed E-state index contributed by atoms with van der Waals surface area (Å²) in [4.78, 5) is 23.9. The molecular formula is C20H30N2O5. The van der Waals surface area contributed by atoms with Gasteiger partial charge in [0, 0.05) is 5.92 Å². The second kappa shape index (κ2) is 9.30. The van der Waals surface area contributed by atoms with E-state index < -0.39 is 35.4 Å². The summed E-state index contributed by atoms with van der Waals surface area (Å²) in [5.74, 6) is -2.83. The number of carbonyl (C=O) groups is 2. The van der Waals surface area contributed by atoms with Gasteiger partial charge in [-0.05, 0) is 50.0 Å². The number of nitrogens with two attached hydrogens (primary N) is 1. The number of amides is 2. The number of primary amides is 1. The molecule has 1 aromatic rings. The fourth-order valence-electron chi connectivity index (χ4n) is 4.28. The molecule has 5 atom stereocenters. The van der Waals surface area contributed by atoms with Crippen molar-refractivity contribution in [1.82, 2.24) is 5.48 Å². The van der Waals surface area contributed by atoms with Gasteiger partial charge in [-0.1, -0.05) is 37.3 Å². The third-order valence-electron chi connectivity index (χ3n) is 5.58. The van der Waals surface area contributed by atoms with Gasteiger partial charge in [0.2, 0.25) is 11.8 Å². The zero-order valence-electron chi connectivity index (χ0n) is 15.7. The predicted molar refractivity (Wildman–Crippen MR) is 99.5 cm³/mol. The van der Waals surface area contributed by atoms with Crippen molar-refractivity contribution < 1.29 is 25.0 Å². The highest BCUT2D eigenvalue weighted by atomic mass is 16.5. The topological polar surface area (TPSA) is 133 Å². The van der Waals surface area contributed by atoms with Crippen LogP contribution in [0.2, 0.25) is 0 Å². The molecule has 0 saturated heterocycles. The molecule has 1 saturated carbocycles. The average molecular weight is 378 g/mol. The van der Waals surface area contributed by atoms with Crippen LogP contribution < -0.4 is 11.2 Å². The van der Waals surface area contributed by atoms with Crippen molar-refractivity contribution in [2.45, 2.75) is 57.2 Å². The standard InChI is InChI=1S/C20H30N2O5/c1-13-9-15(18(21)24)12-20(26,11-13)17(19(25)22-27)10-16(23)8-7-14-5-3-2-4-6-14/h2-6,13,15-17,23,26-27H,7-12H2,1H3,(H2,21,24)(H,22,25)/t13?,15?,16-,17+,20-/m0/s1. The molecule has 1 aliphatic rings. The minimum atomic E-state index is -1.50. The summed E-state index contributed by atoms with van der Waals surface area (Å²) < 4.78 is 0. The summed E-state index contributed by atoms with van der Waals surface area (Å²) in [6.07, 6.45) is 1.13. The van der Waals surface area contributed by atoms with Crippen molar-refractivity contribution in [1.29, 1.82) is 0 Å². The van der Waals surface area contributed by atoms with E-state index in [4.69, 9.17) is 10.9 Å². The first-order valence-electron chi connectivity index (χ1n) is 9.42. The summed E-state index contributed by atoms with van der Waals surface area (Å²) >= 11 is 0. The van der Waals surface area contributed by atoms with E-state index in [1.165, 1.54) is 0 Å². The number of aryl methyl sites for hydroxylation is 1. The number of aliphatic hydroxyl groups excluding tert-OH is 1. The summed E-state index contributed by atoms with van der Waals surface area (Å²) in [6, 6.07) is 9.66. The highest BCUT2D eigenvalue weighted by Crippen LogP contribution is 2.42. The van der Waals surface area contributed by atoms with Gasteiger partial charge < -0.3 is 15.9 Å². The second-order valence-corrected chi connectivity index (χ2v) is 7.89. The fourth-order valence-corrected chi connectivity index (χ4v) is 4.28. The van der Waals surface area contributed by atoms with E-state index in [0.717, 1.165) is 5.56 Å². The lowest BCUT2D eigenvalue weighted by molar-refractivity contribution is -0.155. The van der Waals surface area contributed by atoms with E-state index in [9.17, 15) is 19.8 Å². The maximum Gasteiger partial charge on any atom is 0.249 e. The molecule has 2 amide bonds. The van der Waals surface area contributed by atoms with Crippen molar-refractivity contribution >= 4 is 11.8 Å². The Hall–Kier alpha value is -1.96. The van der Waals surface area contributed by atoms with Gasteiger partial charge in [0.05, 0.1) is 17.6 Å². The number of rotatable bonds is 8. The maximum atomic E-state index is 12.3. The Kier molecular flexibility index (Phi) is 7.35. The van der Waals surface area contributed by atoms with E-state index in [0.29, 0.717) is 25.7 Å². The Morgan fingerprint density at radius 2 is 1.96 bits per heavy atom. The SMILES string of the molecule is CC1CC(C(N)=O)C[C@](O)([C@H](C[C@@H](O)CCc2ccccc2)C(=O)NO)C1. The molecule has 0 aromatic heterocycles. The molecule has 1 aliphatic carbocycles. The Morgan fingerprint density at radius 1 is 1.30 bits per heavy atom. The zero-order chi connectivity index (χ0) is 20.0. The monoisotopic (exact) mass is 378 g/mol. The van der Waals surface area contributed by atoms with Gasteiger partial charge >= 0.3 is 0 Å². The molecule has 0 bridgehead atoms. The Morgan fingerprint density at radius 3 is 2.56 bits per heavy atom. The normalized spacial score (nSPS) is 27.6. The lowest BCUT2D eigenvalue weighted by Gasteiger charge is -2.43. The molecule has 7 heteroatoms. The largest absolute Gasteiger partial charge is 0.393 e. The van der Waals surface area contributed by atoms with Gasteiger partial charge in [-0.3, -0.25) is 14.8 Å². The fraction of sp³-hybridized carbons (Fsp3) is 0.600. The Labute approximate surface area is 159 Å². The van der Waals surface area contributed by atoms with Crippen molar-refractivity contribution in [3.8, 4) is 0 Å². The Balaban J connectivity index is 2.09. The molecule has 150 valence electrons. The van der Waals surface area contributed by atoms with Crippen molar-refractivity contribution in [2.75, 3.05) is 0 Å². The molecule has 0 aliphatic heterocycles. The number of hydroxylamine groups is 1. The molecule has 7 nitrogen and oxygen atoms in total. The molecule has 1 aromatic carbocycles. The smallest absolute Gasteiger partial charge is 0.249 e. The quantitative estimate of drug-likeness (QED) is 0.342. The molecule has 1 fully saturated rings. The van der Waals surface area contributed by atoms with Gasteiger partial charge in [-0.25, -0.2) is 5.48 Å². The van der Waals surface area contributed by atoms with Gasteiger partial charge in [0.15, 0.2) is 0 Å². The lowest BCUT2D eigenvalue weighted by Crippen LogP contribution is -2.53. The number of carbonyl (C=O) groups excluding carboxylic acids is 2. The first-order valence-corrected chi connectivity index (χ1v) is 9.42. The summed E-state index contributed by atoms with van der Waals surface area (Å²) in [5.41, 5.74) is 6.59. The minimum absolute atomic E-state index is 0.00305. The van der Waals surface area contributed by atoms with Gasteiger partial charge in [-0.2, -0.15) is 0 Å². The maximum absolute atomic E-state index is 12.3. The average Bonchev–Trinajstić information content (AvgIpc) is 2.63. The molecular weight excluding hydrogens is 348 g/mol. The van der Waals surface area contributed by atoms with Crippen molar-refractivity contribution in [3.63, 3.8) is 0 Å². The Bertz CT molecular complexity index is 639. The van der Waals surface area contributed by atoms with Crippen LogP contribution >= 0.6 is 0 Å². The number of nitrogens with one attached hydrogen (secondary N) is 1. The zero-order valence-corrected chi connectivity index (χ0v) is 15.7. The van der Waals surface area contributed by atoms with Crippen LogP contribution in [-0.2, 0) is 16.0 Å². The molecule has 0 spiro atoms.